The molecular formula is C16H19N3O5S2. The molecule has 10 heteroatoms. The largest absolute Gasteiger partial charge is 0.452 e. The molecule has 0 saturated heterocycles. The van der Waals surface area contributed by atoms with E-state index in [0.29, 0.717) is 23.8 Å². The number of carbonyl (C=O) groups excluding carboxylic acids is 2. The van der Waals surface area contributed by atoms with E-state index in [1.165, 1.54) is 11.8 Å². The van der Waals surface area contributed by atoms with Crippen molar-refractivity contribution in [1.29, 1.82) is 0 Å². The number of benzene rings is 1. The van der Waals surface area contributed by atoms with Crippen molar-refractivity contribution in [2.24, 2.45) is 4.40 Å². The van der Waals surface area contributed by atoms with E-state index in [2.05, 4.69) is 9.71 Å². The molecule has 1 aromatic rings. The summed E-state index contributed by atoms with van der Waals surface area (Å²) in [4.78, 5) is 26.3. The number of unbranched alkanes of at least 4 members (excludes halogenated alkanes) is 1. The van der Waals surface area contributed by atoms with Crippen molar-refractivity contribution < 1.29 is 22.7 Å². The Morgan fingerprint density at radius 1 is 1.38 bits per heavy atom. The lowest BCUT2D eigenvalue weighted by Gasteiger charge is -2.22. The Kier molecular flexibility index (Phi) is 5.52. The van der Waals surface area contributed by atoms with Crippen LogP contribution >= 0.6 is 11.8 Å². The molecule has 2 aliphatic heterocycles. The zero-order valence-corrected chi connectivity index (χ0v) is 15.9. The minimum absolute atomic E-state index is 0.0343. The van der Waals surface area contributed by atoms with Gasteiger partial charge in [-0.05, 0) is 36.4 Å². The average Bonchev–Trinajstić information content (AvgIpc) is 2.94. The number of carbonyl (C=O) groups is 2. The lowest BCUT2D eigenvalue weighted by atomic mass is 10.2. The van der Waals surface area contributed by atoms with Crippen LogP contribution in [0.5, 0.6) is 0 Å². The Hall–Kier alpha value is -2.07. The molecule has 0 saturated carbocycles. The van der Waals surface area contributed by atoms with Crippen molar-refractivity contribution in [3.05, 3.63) is 23.8 Å². The van der Waals surface area contributed by atoms with Crippen LogP contribution in [0.15, 0.2) is 27.5 Å². The second-order valence-electron chi connectivity index (χ2n) is 5.88. The van der Waals surface area contributed by atoms with Gasteiger partial charge in [0, 0.05) is 18.0 Å². The monoisotopic (exact) mass is 397 g/mol. The van der Waals surface area contributed by atoms with E-state index in [1.54, 1.807) is 18.2 Å². The number of hydrogen-bond donors (Lipinski definition) is 1. The van der Waals surface area contributed by atoms with Gasteiger partial charge in [0.05, 0.1) is 17.0 Å². The topological polar surface area (TPSA) is 105 Å². The first-order valence-electron chi connectivity index (χ1n) is 8.25. The maximum atomic E-state index is 12.1. The molecule has 1 aromatic carbocycles. The Labute approximate surface area is 156 Å². The number of thioether (sulfide) groups is 1. The number of esters is 1. The number of nitrogens with one attached hydrogen (secondary N) is 1. The second kappa shape index (κ2) is 7.67. The fraction of sp³-hybridized carbons (Fsp3) is 0.438. The van der Waals surface area contributed by atoms with E-state index >= 15 is 0 Å². The lowest BCUT2D eigenvalue weighted by molar-refractivity contribution is -0.124. The van der Waals surface area contributed by atoms with Gasteiger partial charge in [-0.2, -0.15) is 0 Å². The van der Waals surface area contributed by atoms with Gasteiger partial charge in [0.15, 0.2) is 11.8 Å². The zero-order chi connectivity index (χ0) is 18.7. The summed E-state index contributed by atoms with van der Waals surface area (Å²) in [5.74, 6) is -0.967. The summed E-state index contributed by atoms with van der Waals surface area (Å²) in [6.45, 7) is 2.59. The fourth-order valence-corrected chi connectivity index (χ4v) is 4.82. The third kappa shape index (κ3) is 4.18. The maximum absolute atomic E-state index is 12.1. The van der Waals surface area contributed by atoms with Crippen LogP contribution in [0, 0.1) is 0 Å². The Balaban J connectivity index is 1.64. The van der Waals surface area contributed by atoms with Gasteiger partial charge in [-0.1, -0.05) is 13.3 Å². The summed E-state index contributed by atoms with van der Waals surface area (Å²) in [6, 6.07) is 4.97. The first-order valence-corrected chi connectivity index (χ1v) is 10.7. The van der Waals surface area contributed by atoms with E-state index in [-0.39, 0.29) is 18.3 Å². The number of sulfonamides is 1. The van der Waals surface area contributed by atoms with Crippen molar-refractivity contribution in [3.63, 3.8) is 0 Å². The minimum atomic E-state index is -3.42. The highest BCUT2D eigenvalue weighted by molar-refractivity contribution is 8.15. The molecule has 0 unspecified atom stereocenters. The van der Waals surface area contributed by atoms with E-state index in [0.717, 1.165) is 23.4 Å². The number of rotatable bonds is 6. The third-order valence-electron chi connectivity index (χ3n) is 3.90. The molecule has 0 bridgehead atoms. The highest BCUT2D eigenvalue weighted by Crippen LogP contribution is 2.42. The number of hydrogen-bond acceptors (Lipinski definition) is 7. The van der Waals surface area contributed by atoms with Crippen molar-refractivity contribution in [3.8, 4) is 0 Å². The standard InChI is InChI=1S/C16H19N3O5S2/c1-2-3-6-17-14(20)10-24-15(21)11-4-5-12-13(9-11)25-16-18-26(22,23)8-7-19(12)16/h4-5,9H,2-3,6-8,10H2,1H3,(H,17,20). The molecule has 2 aliphatic rings. The van der Waals surface area contributed by atoms with Crippen LogP contribution in [-0.4, -0.2) is 50.9 Å². The summed E-state index contributed by atoms with van der Waals surface area (Å²) < 4.78 is 32.0. The van der Waals surface area contributed by atoms with Crippen LogP contribution < -0.4 is 10.2 Å². The number of amides is 1. The summed E-state index contributed by atoms with van der Waals surface area (Å²) in [5, 5.41) is 3.07. The minimum Gasteiger partial charge on any atom is -0.452 e. The normalized spacial score (nSPS) is 17.1. The maximum Gasteiger partial charge on any atom is 0.338 e. The molecule has 0 fully saturated rings. The van der Waals surface area contributed by atoms with Gasteiger partial charge in [0.25, 0.3) is 15.9 Å². The number of nitrogens with zero attached hydrogens (tertiary/aromatic N) is 2. The number of amidine groups is 1. The molecule has 1 N–H and O–H groups in total. The fourth-order valence-electron chi connectivity index (χ4n) is 2.53. The van der Waals surface area contributed by atoms with Crippen LogP contribution in [0.1, 0.15) is 30.1 Å². The van der Waals surface area contributed by atoms with Crippen molar-refractivity contribution in [1.82, 2.24) is 5.32 Å². The third-order valence-corrected chi connectivity index (χ3v) is 6.20. The molecule has 26 heavy (non-hydrogen) atoms. The highest BCUT2D eigenvalue weighted by Gasteiger charge is 2.33. The van der Waals surface area contributed by atoms with Crippen LogP contribution in [0.25, 0.3) is 0 Å². The predicted octanol–water partition coefficient (Wildman–Crippen LogP) is 1.37. The van der Waals surface area contributed by atoms with E-state index in [4.69, 9.17) is 4.74 Å². The van der Waals surface area contributed by atoms with Gasteiger partial charge in [-0.3, -0.25) is 4.79 Å². The summed E-state index contributed by atoms with van der Waals surface area (Å²) in [7, 11) is -3.42. The highest BCUT2D eigenvalue weighted by atomic mass is 32.2. The van der Waals surface area contributed by atoms with Crippen molar-refractivity contribution >= 4 is 44.5 Å². The quantitative estimate of drug-likeness (QED) is 0.571. The van der Waals surface area contributed by atoms with E-state index in [9.17, 15) is 18.0 Å². The number of ether oxygens (including phenoxy) is 1. The number of fused-ring (bicyclic) bond motifs is 3. The molecule has 1 amide bonds. The second-order valence-corrected chi connectivity index (χ2v) is 8.64. The lowest BCUT2D eigenvalue weighted by Crippen LogP contribution is -2.35. The molecule has 0 atom stereocenters. The molecule has 8 nitrogen and oxygen atoms in total. The molecule has 140 valence electrons. The molecule has 3 rings (SSSR count). The van der Waals surface area contributed by atoms with Crippen molar-refractivity contribution in [2.75, 3.05) is 30.3 Å². The van der Waals surface area contributed by atoms with Gasteiger partial charge in [-0.25, -0.2) is 13.2 Å². The Morgan fingerprint density at radius 3 is 2.96 bits per heavy atom. The smallest absolute Gasteiger partial charge is 0.338 e. The van der Waals surface area contributed by atoms with E-state index < -0.39 is 16.0 Å². The first kappa shape index (κ1) is 18.7. The van der Waals surface area contributed by atoms with E-state index in [1.807, 2.05) is 11.8 Å². The molecule has 0 spiro atoms. The molecular weight excluding hydrogens is 378 g/mol. The Morgan fingerprint density at radius 2 is 2.19 bits per heavy atom. The summed E-state index contributed by atoms with van der Waals surface area (Å²) >= 11 is 1.20. The van der Waals surface area contributed by atoms with Crippen LogP contribution in [0.4, 0.5) is 5.69 Å². The van der Waals surface area contributed by atoms with Crippen LogP contribution in [0.3, 0.4) is 0 Å². The molecule has 2 heterocycles. The summed E-state index contributed by atoms with van der Waals surface area (Å²) in [6.07, 6.45) is 1.84. The van der Waals surface area contributed by atoms with Gasteiger partial charge in [0.2, 0.25) is 0 Å². The van der Waals surface area contributed by atoms with Gasteiger partial charge in [-0.15, -0.1) is 4.40 Å². The van der Waals surface area contributed by atoms with Gasteiger partial charge >= 0.3 is 5.97 Å². The zero-order valence-electron chi connectivity index (χ0n) is 14.2. The van der Waals surface area contributed by atoms with Crippen molar-refractivity contribution in [2.45, 2.75) is 24.7 Å². The van der Waals surface area contributed by atoms with Gasteiger partial charge in [0.1, 0.15) is 0 Å². The number of anilines is 1. The van der Waals surface area contributed by atoms with Crippen LogP contribution in [0.2, 0.25) is 0 Å². The molecule has 0 aliphatic carbocycles. The average molecular weight is 397 g/mol. The Bertz CT molecular complexity index is 867. The first-order chi connectivity index (χ1) is 12.4. The van der Waals surface area contributed by atoms with Gasteiger partial charge < -0.3 is 15.0 Å². The SMILES string of the molecule is CCCCNC(=O)COC(=O)c1ccc2c(c1)SC1=NS(=O)(=O)CCN12. The molecule has 0 aromatic heterocycles. The van der Waals surface area contributed by atoms with Crippen LogP contribution in [-0.2, 0) is 19.6 Å². The summed E-state index contributed by atoms with van der Waals surface area (Å²) in [5.41, 5.74) is 1.12. The predicted molar refractivity (Wildman–Crippen MR) is 99.1 cm³/mol. The molecule has 0 radical (unpaired) electrons.